The zero-order valence-electron chi connectivity index (χ0n) is 19.9. The molecule has 1 fully saturated rings. The largest absolute Gasteiger partial charge is 0.469 e. The van der Waals surface area contributed by atoms with Gasteiger partial charge in [-0.3, -0.25) is 9.59 Å². The SMILES string of the molecule is O=C(Cc1ccccc1)Nc1nnc(OC[C@@H]2CCN(c3nnc(NC(=O)Cc4ccccc4)s3)C2)s1. The van der Waals surface area contributed by atoms with Crippen LogP contribution >= 0.6 is 22.7 Å². The van der Waals surface area contributed by atoms with Gasteiger partial charge in [-0.15, -0.1) is 15.3 Å². The molecule has 1 saturated heterocycles. The molecule has 190 valence electrons. The van der Waals surface area contributed by atoms with Gasteiger partial charge in [0, 0.05) is 19.0 Å². The molecule has 2 N–H and O–H groups in total. The Balaban J connectivity index is 1.05. The van der Waals surface area contributed by atoms with Gasteiger partial charge in [0.1, 0.15) is 0 Å². The fourth-order valence-corrected chi connectivity index (χ4v) is 5.35. The van der Waals surface area contributed by atoms with Crippen LogP contribution < -0.4 is 20.3 Å². The third-order valence-corrected chi connectivity index (χ3v) is 7.38. The van der Waals surface area contributed by atoms with Gasteiger partial charge in [-0.2, -0.15) is 0 Å². The fourth-order valence-electron chi connectivity index (χ4n) is 3.93. The Bertz CT molecular complexity index is 1330. The first kappa shape index (κ1) is 24.8. The summed E-state index contributed by atoms with van der Waals surface area (Å²) in [5.41, 5.74) is 1.88. The van der Waals surface area contributed by atoms with Gasteiger partial charge in [-0.05, 0) is 28.9 Å². The van der Waals surface area contributed by atoms with Crippen molar-refractivity contribution in [3.05, 3.63) is 71.8 Å². The van der Waals surface area contributed by atoms with E-state index in [1.54, 1.807) is 0 Å². The first-order valence-corrected chi connectivity index (χ1v) is 13.5. The van der Waals surface area contributed by atoms with E-state index in [0.717, 1.165) is 35.8 Å². The molecule has 0 radical (unpaired) electrons. The van der Waals surface area contributed by atoms with Crippen LogP contribution in [0.15, 0.2) is 60.7 Å². The Morgan fingerprint density at radius 3 is 2.08 bits per heavy atom. The van der Waals surface area contributed by atoms with E-state index >= 15 is 0 Å². The second kappa shape index (κ2) is 11.9. The van der Waals surface area contributed by atoms with Crippen molar-refractivity contribution in [1.82, 2.24) is 20.4 Å². The molecule has 1 aliphatic heterocycles. The highest BCUT2D eigenvalue weighted by molar-refractivity contribution is 7.19. The van der Waals surface area contributed by atoms with Gasteiger partial charge in [-0.1, -0.05) is 77.1 Å². The average Bonchev–Trinajstić information content (AvgIpc) is 3.65. The summed E-state index contributed by atoms with van der Waals surface area (Å²) >= 11 is 2.58. The molecule has 10 nitrogen and oxygen atoms in total. The lowest BCUT2D eigenvalue weighted by Crippen LogP contribution is -2.21. The van der Waals surface area contributed by atoms with Crippen molar-refractivity contribution < 1.29 is 14.3 Å². The van der Waals surface area contributed by atoms with Gasteiger partial charge in [0.15, 0.2) is 0 Å². The number of hydrogen-bond donors (Lipinski definition) is 2. The Morgan fingerprint density at radius 2 is 1.43 bits per heavy atom. The normalized spacial score (nSPS) is 14.9. The number of hydrogen-bond acceptors (Lipinski definition) is 10. The third kappa shape index (κ3) is 7.08. The molecule has 0 bridgehead atoms. The highest BCUT2D eigenvalue weighted by atomic mass is 32.1. The minimum atomic E-state index is -0.145. The lowest BCUT2D eigenvalue weighted by molar-refractivity contribution is -0.116. The number of carbonyl (C=O) groups excluding carboxylic acids is 2. The molecule has 2 aromatic carbocycles. The zero-order chi connectivity index (χ0) is 25.5. The molecule has 1 atom stereocenters. The number of aromatic nitrogens is 4. The number of amides is 2. The monoisotopic (exact) mass is 535 g/mol. The van der Waals surface area contributed by atoms with E-state index in [1.165, 1.54) is 22.7 Å². The Hall–Kier alpha value is -3.90. The molecule has 3 heterocycles. The van der Waals surface area contributed by atoms with Crippen molar-refractivity contribution in [2.75, 3.05) is 35.2 Å². The van der Waals surface area contributed by atoms with Gasteiger partial charge in [0.25, 0.3) is 5.19 Å². The summed E-state index contributed by atoms with van der Waals surface area (Å²) in [5.74, 6) is 0.0299. The number of nitrogens with one attached hydrogen (secondary N) is 2. The maximum absolute atomic E-state index is 12.3. The van der Waals surface area contributed by atoms with Crippen LogP contribution in [0.1, 0.15) is 17.5 Å². The first-order chi connectivity index (χ1) is 18.1. The molecular weight excluding hydrogens is 510 g/mol. The van der Waals surface area contributed by atoms with Crippen LogP contribution in [-0.2, 0) is 22.4 Å². The van der Waals surface area contributed by atoms with Crippen LogP contribution in [0.4, 0.5) is 15.4 Å². The predicted molar refractivity (Wildman–Crippen MR) is 143 cm³/mol. The standard InChI is InChI=1S/C25H25N7O3S2/c33-20(13-17-7-3-1-4-8-17)26-22-28-30-24(36-22)32-12-11-19(15-32)16-35-25-31-29-23(37-25)27-21(34)14-18-9-5-2-6-10-18/h1-10,19H,11-16H2,(H,26,28,33)(H,27,29,34)/t19-/m1/s1. The lowest BCUT2D eigenvalue weighted by Gasteiger charge is -2.13. The molecule has 1 aliphatic rings. The Morgan fingerprint density at radius 1 is 0.838 bits per heavy atom. The van der Waals surface area contributed by atoms with Gasteiger partial charge in [0.05, 0.1) is 19.4 Å². The van der Waals surface area contributed by atoms with Crippen LogP contribution in [0.2, 0.25) is 0 Å². The van der Waals surface area contributed by atoms with Crippen molar-refractivity contribution in [2.45, 2.75) is 19.3 Å². The highest BCUT2D eigenvalue weighted by Gasteiger charge is 2.26. The van der Waals surface area contributed by atoms with Crippen LogP contribution in [-0.4, -0.2) is 51.9 Å². The molecule has 0 aliphatic carbocycles. The maximum Gasteiger partial charge on any atom is 0.295 e. The fraction of sp³-hybridized carbons (Fsp3) is 0.280. The van der Waals surface area contributed by atoms with Crippen molar-refractivity contribution in [1.29, 1.82) is 0 Å². The third-order valence-electron chi connectivity index (χ3n) is 5.73. The number of anilines is 3. The van der Waals surface area contributed by atoms with E-state index in [-0.39, 0.29) is 18.2 Å². The Kier molecular flexibility index (Phi) is 7.96. The summed E-state index contributed by atoms with van der Waals surface area (Å²) in [6.07, 6.45) is 1.51. The molecule has 0 unspecified atom stereocenters. The van der Waals surface area contributed by atoms with Crippen LogP contribution in [0.25, 0.3) is 0 Å². The molecule has 4 aromatic rings. The first-order valence-electron chi connectivity index (χ1n) is 11.8. The summed E-state index contributed by atoms with van der Waals surface area (Å²) in [7, 11) is 0. The number of benzene rings is 2. The summed E-state index contributed by atoms with van der Waals surface area (Å²) in [4.78, 5) is 26.7. The minimum Gasteiger partial charge on any atom is -0.469 e. The van der Waals surface area contributed by atoms with E-state index in [0.29, 0.717) is 34.4 Å². The van der Waals surface area contributed by atoms with Crippen LogP contribution in [0.5, 0.6) is 5.19 Å². The van der Waals surface area contributed by atoms with Crippen molar-refractivity contribution in [3.63, 3.8) is 0 Å². The molecule has 5 rings (SSSR count). The molecule has 0 spiro atoms. The van der Waals surface area contributed by atoms with E-state index in [4.69, 9.17) is 4.74 Å². The van der Waals surface area contributed by atoms with E-state index < -0.39 is 0 Å². The summed E-state index contributed by atoms with van der Waals surface area (Å²) < 4.78 is 5.85. The number of rotatable bonds is 10. The van der Waals surface area contributed by atoms with Gasteiger partial charge in [-0.25, -0.2) is 0 Å². The van der Waals surface area contributed by atoms with Gasteiger partial charge < -0.3 is 20.3 Å². The molecule has 0 saturated carbocycles. The van der Waals surface area contributed by atoms with Crippen LogP contribution in [0, 0.1) is 5.92 Å². The molecular formula is C25H25N7O3S2. The Labute approximate surface area is 221 Å². The minimum absolute atomic E-state index is 0.116. The molecule has 2 aromatic heterocycles. The van der Waals surface area contributed by atoms with Crippen LogP contribution in [0.3, 0.4) is 0 Å². The molecule has 12 heteroatoms. The van der Waals surface area contributed by atoms with E-state index in [9.17, 15) is 9.59 Å². The summed E-state index contributed by atoms with van der Waals surface area (Å²) in [6, 6.07) is 19.1. The second-order valence-corrected chi connectivity index (χ2v) is 10.5. The number of nitrogens with zero attached hydrogens (tertiary/aromatic N) is 5. The van der Waals surface area contributed by atoms with Crippen molar-refractivity contribution >= 4 is 49.9 Å². The van der Waals surface area contributed by atoms with Crippen molar-refractivity contribution in [3.8, 4) is 5.19 Å². The topological polar surface area (TPSA) is 122 Å². The lowest BCUT2D eigenvalue weighted by atomic mass is 10.1. The predicted octanol–water partition coefficient (Wildman–Crippen LogP) is 3.66. The maximum atomic E-state index is 12.3. The molecule has 37 heavy (non-hydrogen) atoms. The van der Waals surface area contributed by atoms with Crippen molar-refractivity contribution in [2.24, 2.45) is 5.92 Å². The summed E-state index contributed by atoms with van der Waals surface area (Å²) in [6.45, 7) is 2.09. The van der Waals surface area contributed by atoms with Gasteiger partial charge >= 0.3 is 0 Å². The summed E-state index contributed by atoms with van der Waals surface area (Å²) in [5, 5.41) is 24.1. The zero-order valence-corrected chi connectivity index (χ0v) is 21.5. The quantitative estimate of drug-likeness (QED) is 0.316. The smallest absolute Gasteiger partial charge is 0.295 e. The molecule has 2 amide bonds. The van der Waals surface area contributed by atoms with Gasteiger partial charge in [0.2, 0.25) is 27.2 Å². The van der Waals surface area contributed by atoms with E-state index in [1.807, 2.05) is 60.7 Å². The average molecular weight is 536 g/mol. The highest BCUT2D eigenvalue weighted by Crippen LogP contribution is 2.30. The number of ether oxygens (including phenoxy) is 1. The second-order valence-electron chi connectivity index (χ2n) is 8.60. The van der Waals surface area contributed by atoms with E-state index in [2.05, 4.69) is 35.9 Å². The number of carbonyl (C=O) groups is 2.